The molecule has 20 heavy (non-hydrogen) atoms. The van der Waals surface area contributed by atoms with E-state index in [9.17, 15) is 4.79 Å². The summed E-state index contributed by atoms with van der Waals surface area (Å²) in [5.74, 6) is -0.0331. The molecule has 0 saturated heterocycles. The Hall–Kier alpha value is -1.85. The molecule has 0 aliphatic rings. The van der Waals surface area contributed by atoms with E-state index in [1.165, 1.54) is 11.0 Å². The first kappa shape index (κ1) is 14.6. The van der Waals surface area contributed by atoms with Crippen LogP contribution < -0.4 is 5.32 Å². The molecular weight excluding hydrogens is 272 g/mol. The van der Waals surface area contributed by atoms with Crippen molar-refractivity contribution in [2.45, 2.75) is 11.4 Å². The minimum atomic E-state index is -0.994. The molecule has 0 aliphatic carbocycles. The Kier molecular flexibility index (Phi) is 5.58. The van der Waals surface area contributed by atoms with E-state index in [0.29, 0.717) is 6.54 Å². The Morgan fingerprint density at radius 3 is 2.70 bits per heavy atom. The maximum Gasteiger partial charge on any atom is 0.354 e. The third-order valence-electron chi connectivity index (χ3n) is 2.62. The highest BCUT2D eigenvalue weighted by Gasteiger charge is 2.04. The van der Waals surface area contributed by atoms with Gasteiger partial charge in [-0.25, -0.2) is 9.78 Å². The number of thioether (sulfide) groups is 1. The molecule has 104 valence electrons. The van der Waals surface area contributed by atoms with Crippen LogP contribution in [0, 0.1) is 0 Å². The predicted molar refractivity (Wildman–Crippen MR) is 80.1 cm³/mol. The zero-order valence-electron chi connectivity index (χ0n) is 11.0. The number of carboxylic acids is 1. The highest BCUT2D eigenvalue weighted by atomic mass is 32.2. The SMILES string of the molecule is O=C(O)c1cccc(CNCCSc2ccccc2)n1. The van der Waals surface area contributed by atoms with E-state index in [0.717, 1.165) is 18.0 Å². The number of rotatable bonds is 7. The maximum absolute atomic E-state index is 10.8. The van der Waals surface area contributed by atoms with Gasteiger partial charge in [0.15, 0.2) is 0 Å². The summed E-state index contributed by atoms with van der Waals surface area (Å²) in [6, 6.07) is 15.3. The van der Waals surface area contributed by atoms with Crippen LogP contribution in [0.3, 0.4) is 0 Å². The lowest BCUT2D eigenvalue weighted by Gasteiger charge is -2.05. The van der Waals surface area contributed by atoms with Crippen molar-refractivity contribution in [1.82, 2.24) is 10.3 Å². The highest BCUT2D eigenvalue weighted by molar-refractivity contribution is 7.99. The first-order valence-electron chi connectivity index (χ1n) is 6.33. The fourth-order valence-electron chi connectivity index (χ4n) is 1.67. The van der Waals surface area contributed by atoms with Crippen LogP contribution in [0.15, 0.2) is 53.4 Å². The van der Waals surface area contributed by atoms with Gasteiger partial charge in [0, 0.05) is 23.7 Å². The van der Waals surface area contributed by atoms with Crippen molar-refractivity contribution in [2.24, 2.45) is 0 Å². The molecule has 5 heteroatoms. The first-order chi connectivity index (χ1) is 9.75. The Bertz CT molecular complexity index is 561. The van der Waals surface area contributed by atoms with E-state index < -0.39 is 5.97 Å². The van der Waals surface area contributed by atoms with Gasteiger partial charge in [-0.1, -0.05) is 24.3 Å². The van der Waals surface area contributed by atoms with Crippen LogP contribution in [0.4, 0.5) is 0 Å². The molecule has 0 saturated carbocycles. The minimum absolute atomic E-state index is 0.0861. The zero-order valence-corrected chi connectivity index (χ0v) is 11.8. The molecule has 2 rings (SSSR count). The second-order valence-electron chi connectivity index (χ2n) is 4.16. The molecule has 1 heterocycles. The molecule has 0 unspecified atom stereocenters. The third-order valence-corrected chi connectivity index (χ3v) is 3.64. The molecule has 2 N–H and O–H groups in total. The van der Waals surface area contributed by atoms with E-state index in [4.69, 9.17) is 5.11 Å². The Morgan fingerprint density at radius 1 is 1.15 bits per heavy atom. The number of hydrogen-bond donors (Lipinski definition) is 2. The van der Waals surface area contributed by atoms with Gasteiger partial charge >= 0.3 is 5.97 Å². The van der Waals surface area contributed by atoms with Crippen LogP contribution >= 0.6 is 11.8 Å². The summed E-state index contributed by atoms with van der Waals surface area (Å²) >= 11 is 1.79. The molecule has 0 bridgehead atoms. The van der Waals surface area contributed by atoms with Gasteiger partial charge in [-0.2, -0.15) is 0 Å². The molecule has 0 amide bonds. The van der Waals surface area contributed by atoms with Crippen LogP contribution in [0.2, 0.25) is 0 Å². The van der Waals surface area contributed by atoms with E-state index >= 15 is 0 Å². The molecule has 0 atom stereocenters. The van der Waals surface area contributed by atoms with Crippen molar-refractivity contribution >= 4 is 17.7 Å². The summed E-state index contributed by atoms with van der Waals surface area (Å²) in [5.41, 5.74) is 0.831. The van der Waals surface area contributed by atoms with Crippen molar-refractivity contribution in [3.05, 3.63) is 59.9 Å². The van der Waals surface area contributed by atoms with Gasteiger partial charge < -0.3 is 10.4 Å². The summed E-state index contributed by atoms with van der Waals surface area (Å²) in [4.78, 5) is 16.1. The molecule has 4 nitrogen and oxygen atoms in total. The third kappa shape index (κ3) is 4.68. The van der Waals surface area contributed by atoms with Crippen LogP contribution in [0.1, 0.15) is 16.2 Å². The lowest BCUT2D eigenvalue weighted by Crippen LogP contribution is -2.18. The van der Waals surface area contributed by atoms with E-state index in [2.05, 4.69) is 22.4 Å². The number of hydrogen-bond acceptors (Lipinski definition) is 4. The lowest BCUT2D eigenvalue weighted by molar-refractivity contribution is 0.0690. The maximum atomic E-state index is 10.8. The fourth-order valence-corrected chi connectivity index (χ4v) is 2.50. The fraction of sp³-hybridized carbons (Fsp3) is 0.200. The Balaban J connectivity index is 1.71. The van der Waals surface area contributed by atoms with E-state index in [1.807, 2.05) is 24.3 Å². The number of aromatic carboxylic acids is 1. The Morgan fingerprint density at radius 2 is 1.95 bits per heavy atom. The number of carboxylic acid groups (broad SMARTS) is 1. The normalized spacial score (nSPS) is 10.4. The minimum Gasteiger partial charge on any atom is -0.477 e. The summed E-state index contributed by atoms with van der Waals surface area (Å²) < 4.78 is 0. The van der Waals surface area contributed by atoms with Gasteiger partial charge in [-0.15, -0.1) is 11.8 Å². The van der Waals surface area contributed by atoms with Crippen molar-refractivity contribution < 1.29 is 9.90 Å². The number of benzene rings is 1. The average Bonchev–Trinajstić information content (AvgIpc) is 2.48. The molecule has 2 aromatic rings. The van der Waals surface area contributed by atoms with E-state index in [-0.39, 0.29) is 5.69 Å². The van der Waals surface area contributed by atoms with Crippen LogP contribution in [0.25, 0.3) is 0 Å². The van der Waals surface area contributed by atoms with Gasteiger partial charge in [-0.05, 0) is 24.3 Å². The number of nitrogens with zero attached hydrogens (tertiary/aromatic N) is 1. The quantitative estimate of drug-likeness (QED) is 0.606. The molecule has 1 aromatic carbocycles. The number of aromatic nitrogens is 1. The van der Waals surface area contributed by atoms with Crippen LogP contribution in [-0.2, 0) is 6.54 Å². The molecular formula is C15H16N2O2S. The molecule has 0 aliphatic heterocycles. The van der Waals surface area contributed by atoms with Crippen LogP contribution in [0.5, 0.6) is 0 Å². The first-order valence-corrected chi connectivity index (χ1v) is 7.32. The highest BCUT2D eigenvalue weighted by Crippen LogP contribution is 2.15. The van der Waals surface area contributed by atoms with Crippen molar-refractivity contribution in [3.63, 3.8) is 0 Å². The van der Waals surface area contributed by atoms with Gasteiger partial charge in [0.25, 0.3) is 0 Å². The van der Waals surface area contributed by atoms with Crippen molar-refractivity contribution in [3.8, 4) is 0 Å². The monoisotopic (exact) mass is 288 g/mol. The Labute approximate surface area is 122 Å². The van der Waals surface area contributed by atoms with Gasteiger partial charge in [0.1, 0.15) is 5.69 Å². The van der Waals surface area contributed by atoms with Gasteiger partial charge in [-0.3, -0.25) is 0 Å². The van der Waals surface area contributed by atoms with Gasteiger partial charge in [0.05, 0.1) is 5.69 Å². The summed E-state index contributed by atoms with van der Waals surface area (Å²) in [6.07, 6.45) is 0. The zero-order chi connectivity index (χ0) is 14.2. The molecule has 0 spiro atoms. The number of nitrogens with one attached hydrogen (secondary N) is 1. The van der Waals surface area contributed by atoms with Crippen molar-refractivity contribution in [2.75, 3.05) is 12.3 Å². The number of carbonyl (C=O) groups is 1. The van der Waals surface area contributed by atoms with Crippen molar-refractivity contribution in [1.29, 1.82) is 0 Å². The molecule has 0 radical (unpaired) electrons. The second kappa shape index (κ2) is 7.67. The lowest BCUT2D eigenvalue weighted by atomic mass is 10.3. The molecule has 0 fully saturated rings. The summed E-state index contributed by atoms with van der Waals surface area (Å²) in [5, 5.41) is 12.1. The predicted octanol–water partition coefficient (Wildman–Crippen LogP) is 2.66. The van der Waals surface area contributed by atoms with E-state index in [1.54, 1.807) is 17.8 Å². The standard InChI is InChI=1S/C15H16N2O2S/c18-15(19)14-8-4-5-12(17-14)11-16-9-10-20-13-6-2-1-3-7-13/h1-8,16H,9-11H2,(H,18,19). The summed E-state index contributed by atoms with van der Waals surface area (Å²) in [6.45, 7) is 1.43. The molecule has 1 aromatic heterocycles. The van der Waals surface area contributed by atoms with Gasteiger partial charge in [0.2, 0.25) is 0 Å². The smallest absolute Gasteiger partial charge is 0.354 e. The summed E-state index contributed by atoms with van der Waals surface area (Å²) in [7, 11) is 0. The topological polar surface area (TPSA) is 62.2 Å². The number of pyridine rings is 1. The largest absolute Gasteiger partial charge is 0.477 e. The average molecular weight is 288 g/mol. The van der Waals surface area contributed by atoms with Crippen LogP contribution in [-0.4, -0.2) is 28.4 Å². The second-order valence-corrected chi connectivity index (χ2v) is 5.33.